The number of hydrogen-bond acceptors (Lipinski definition) is 5. The Labute approximate surface area is 116 Å². The molecule has 0 spiro atoms. The van der Waals surface area contributed by atoms with Crippen molar-refractivity contribution < 1.29 is 4.79 Å². The van der Waals surface area contributed by atoms with Gasteiger partial charge in [0, 0.05) is 25.9 Å². The number of benzene rings is 1. The van der Waals surface area contributed by atoms with Crippen LogP contribution in [-0.2, 0) is 4.79 Å². The van der Waals surface area contributed by atoms with Crippen LogP contribution in [0.3, 0.4) is 0 Å². The molecule has 0 amide bonds. The lowest BCUT2D eigenvalue weighted by Crippen LogP contribution is -2.34. The molecule has 1 saturated heterocycles. The zero-order valence-electron chi connectivity index (χ0n) is 10.2. The molecule has 5 nitrogen and oxygen atoms in total. The molecule has 19 heavy (non-hydrogen) atoms. The third kappa shape index (κ3) is 2.54. The molecule has 1 fully saturated rings. The number of anilines is 2. The highest BCUT2D eigenvalue weighted by molar-refractivity contribution is 6.36. The summed E-state index contributed by atoms with van der Waals surface area (Å²) in [7, 11) is 0. The molecule has 0 aromatic heterocycles. The maximum Gasteiger partial charge on any atom is 0.143 e. The van der Waals surface area contributed by atoms with Gasteiger partial charge in [0.15, 0.2) is 0 Å². The quantitative estimate of drug-likeness (QED) is 0.638. The number of nitrogens with one attached hydrogen (secondary N) is 1. The average Bonchev–Trinajstić information content (AvgIpc) is 2.40. The van der Waals surface area contributed by atoms with E-state index in [0.717, 1.165) is 5.69 Å². The zero-order chi connectivity index (χ0) is 14.0. The van der Waals surface area contributed by atoms with Crippen LogP contribution < -0.4 is 10.6 Å². The van der Waals surface area contributed by atoms with Crippen LogP contribution in [0.4, 0.5) is 11.4 Å². The minimum Gasteiger partial charge on any atom is -0.396 e. The first-order chi connectivity index (χ1) is 9.04. The maximum atomic E-state index is 11.2. The summed E-state index contributed by atoms with van der Waals surface area (Å²) in [6, 6.07) is 5.14. The molecule has 6 heteroatoms. The first-order valence-corrected chi connectivity index (χ1v) is 6.26. The Balaban J connectivity index is 2.40. The number of ketones is 1. The maximum absolute atomic E-state index is 11.2. The van der Waals surface area contributed by atoms with Crippen LogP contribution in [0.1, 0.15) is 18.4 Å². The molecule has 3 N–H and O–H groups in total. The van der Waals surface area contributed by atoms with E-state index in [0.29, 0.717) is 36.6 Å². The number of piperidine rings is 1. The third-order valence-corrected chi connectivity index (χ3v) is 3.51. The van der Waals surface area contributed by atoms with Gasteiger partial charge in [0.2, 0.25) is 0 Å². The molecular weight excluding hydrogens is 264 g/mol. The van der Waals surface area contributed by atoms with Gasteiger partial charge < -0.3 is 10.6 Å². The van der Waals surface area contributed by atoms with Crippen molar-refractivity contribution in [3.05, 3.63) is 22.7 Å². The van der Waals surface area contributed by atoms with E-state index in [1.165, 1.54) is 0 Å². The summed E-state index contributed by atoms with van der Waals surface area (Å²) in [5, 5.41) is 16.7. The normalized spacial score (nSPS) is 15.2. The van der Waals surface area contributed by atoms with Crippen molar-refractivity contribution in [2.75, 3.05) is 23.7 Å². The summed E-state index contributed by atoms with van der Waals surface area (Å²) in [6.07, 6.45) is 0.986. The first kappa shape index (κ1) is 13.4. The zero-order valence-corrected chi connectivity index (χ0v) is 11.0. The van der Waals surface area contributed by atoms with Gasteiger partial charge in [-0.2, -0.15) is 5.26 Å². The molecule has 1 heterocycles. The Morgan fingerprint density at radius 3 is 2.63 bits per heavy atom. The predicted molar refractivity (Wildman–Crippen MR) is 74.8 cm³/mol. The number of hydrogen-bond donors (Lipinski definition) is 2. The summed E-state index contributed by atoms with van der Waals surface area (Å²) in [5.41, 5.74) is 7.09. The third-order valence-electron chi connectivity index (χ3n) is 3.20. The highest BCUT2D eigenvalue weighted by Gasteiger charge is 2.21. The minimum absolute atomic E-state index is 0.244. The van der Waals surface area contributed by atoms with Crippen LogP contribution in [-0.4, -0.2) is 24.6 Å². The van der Waals surface area contributed by atoms with Crippen LogP contribution in [0.15, 0.2) is 12.1 Å². The lowest BCUT2D eigenvalue weighted by Gasteiger charge is -2.30. The molecule has 0 radical (unpaired) electrons. The van der Waals surface area contributed by atoms with Gasteiger partial charge in [-0.25, -0.2) is 0 Å². The fourth-order valence-corrected chi connectivity index (χ4v) is 2.42. The van der Waals surface area contributed by atoms with Crippen LogP contribution in [0.5, 0.6) is 0 Å². The van der Waals surface area contributed by atoms with Gasteiger partial charge in [-0.15, -0.1) is 0 Å². The van der Waals surface area contributed by atoms with Gasteiger partial charge in [0.05, 0.1) is 22.0 Å². The van der Waals surface area contributed by atoms with Gasteiger partial charge in [-0.3, -0.25) is 10.2 Å². The molecule has 1 aliphatic heterocycles. The molecule has 0 saturated carbocycles. The van der Waals surface area contributed by atoms with E-state index in [1.807, 2.05) is 4.90 Å². The van der Waals surface area contributed by atoms with E-state index >= 15 is 0 Å². The van der Waals surface area contributed by atoms with E-state index in [2.05, 4.69) is 0 Å². The fraction of sp³-hybridized carbons (Fsp3) is 0.308. The number of Topliss-reactive ketones (excluding diaryl/α,β-unsaturated/α-hetero) is 1. The predicted octanol–water partition coefficient (Wildman–Crippen LogP) is 1.98. The van der Waals surface area contributed by atoms with Gasteiger partial charge in [-0.1, -0.05) is 11.6 Å². The van der Waals surface area contributed by atoms with Crippen LogP contribution >= 0.6 is 11.6 Å². The second kappa shape index (κ2) is 5.29. The SMILES string of the molecule is N#CC(=N)c1c(Cl)ccc(N2CCC(=O)CC2)c1N. The first-order valence-electron chi connectivity index (χ1n) is 5.88. The van der Waals surface area contributed by atoms with Crippen LogP contribution in [0.25, 0.3) is 0 Å². The minimum atomic E-state index is -0.252. The lowest BCUT2D eigenvalue weighted by atomic mass is 10.0. The van der Waals surface area contributed by atoms with Gasteiger partial charge >= 0.3 is 0 Å². The molecule has 1 aromatic carbocycles. The second-order valence-electron chi connectivity index (χ2n) is 4.37. The van der Waals surface area contributed by atoms with Gasteiger partial charge in [-0.05, 0) is 12.1 Å². The van der Waals surface area contributed by atoms with Crippen molar-refractivity contribution >= 4 is 34.5 Å². The second-order valence-corrected chi connectivity index (χ2v) is 4.77. The number of halogens is 1. The van der Waals surface area contributed by atoms with E-state index < -0.39 is 0 Å². The highest BCUT2D eigenvalue weighted by Crippen LogP contribution is 2.33. The number of nitrogens with zero attached hydrogens (tertiary/aromatic N) is 2. The number of nitrogens with two attached hydrogens (primary N) is 1. The van der Waals surface area contributed by atoms with Crippen molar-refractivity contribution in [3.63, 3.8) is 0 Å². The Morgan fingerprint density at radius 2 is 2.05 bits per heavy atom. The molecule has 1 aromatic rings. The van der Waals surface area contributed by atoms with Crippen molar-refractivity contribution in [1.29, 1.82) is 10.7 Å². The Bertz CT molecular complexity index is 581. The number of carbonyl (C=O) groups is 1. The highest BCUT2D eigenvalue weighted by atomic mass is 35.5. The number of nitrogen functional groups attached to an aromatic ring is 1. The fourth-order valence-electron chi connectivity index (χ4n) is 2.16. The molecular formula is C13H13ClN4O. The van der Waals surface area contributed by atoms with Gasteiger partial charge in [0.25, 0.3) is 0 Å². The summed E-state index contributed by atoms with van der Waals surface area (Å²) in [5.74, 6) is 0.244. The summed E-state index contributed by atoms with van der Waals surface area (Å²) >= 11 is 5.99. The number of carbonyl (C=O) groups excluding carboxylic acids is 1. The number of rotatable bonds is 2. The smallest absolute Gasteiger partial charge is 0.143 e. The topological polar surface area (TPSA) is 94.0 Å². The van der Waals surface area contributed by atoms with E-state index in [1.54, 1.807) is 18.2 Å². The Hall–Kier alpha value is -2.06. The van der Waals surface area contributed by atoms with Crippen LogP contribution in [0, 0.1) is 16.7 Å². The molecule has 1 aliphatic rings. The summed E-state index contributed by atoms with van der Waals surface area (Å²) in [4.78, 5) is 13.2. The van der Waals surface area contributed by atoms with Crippen molar-refractivity contribution in [1.82, 2.24) is 0 Å². The van der Waals surface area contributed by atoms with Gasteiger partial charge in [0.1, 0.15) is 17.6 Å². The molecule has 0 atom stereocenters. The molecule has 98 valence electrons. The Kier molecular flexibility index (Phi) is 3.72. The van der Waals surface area contributed by atoms with Crippen LogP contribution in [0.2, 0.25) is 5.02 Å². The standard InChI is InChI=1S/C13H13ClN4O/c14-9-1-2-11(13(17)12(9)10(16)7-15)18-5-3-8(19)4-6-18/h1-2,16H,3-6,17H2. The average molecular weight is 277 g/mol. The lowest BCUT2D eigenvalue weighted by molar-refractivity contribution is -0.119. The monoisotopic (exact) mass is 276 g/mol. The molecule has 0 bridgehead atoms. The summed E-state index contributed by atoms with van der Waals surface area (Å²) in [6.45, 7) is 1.20. The number of nitriles is 1. The van der Waals surface area contributed by atoms with E-state index in [9.17, 15) is 4.79 Å². The van der Waals surface area contributed by atoms with E-state index in [4.69, 9.17) is 28.0 Å². The molecule has 0 aliphatic carbocycles. The molecule has 0 unspecified atom stereocenters. The van der Waals surface area contributed by atoms with Crippen molar-refractivity contribution in [2.45, 2.75) is 12.8 Å². The largest absolute Gasteiger partial charge is 0.396 e. The van der Waals surface area contributed by atoms with Crippen molar-refractivity contribution in [2.24, 2.45) is 0 Å². The molecule has 2 rings (SSSR count). The van der Waals surface area contributed by atoms with E-state index in [-0.39, 0.29) is 17.1 Å². The Morgan fingerprint density at radius 1 is 1.42 bits per heavy atom. The van der Waals surface area contributed by atoms with Crippen molar-refractivity contribution in [3.8, 4) is 6.07 Å². The summed E-state index contributed by atoms with van der Waals surface area (Å²) < 4.78 is 0.